The summed E-state index contributed by atoms with van der Waals surface area (Å²) in [5.74, 6) is 6.98. The molecule has 2 nitrogen and oxygen atoms in total. The molecule has 5 saturated carbocycles. The van der Waals surface area contributed by atoms with Gasteiger partial charge in [0.1, 0.15) is 0 Å². The zero-order valence-electron chi connectivity index (χ0n) is 16.3. The Hall–Kier alpha value is -0.0800. The monoisotopic (exact) mass is 346 g/mol. The van der Waals surface area contributed by atoms with Gasteiger partial charge in [0.2, 0.25) is 0 Å². The van der Waals surface area contributed by atoms with Crippen molar-refractivity contribution >= 4 is 0 Å². The number of hydrogen-bond donors (Lipinski definition) is 2. The van der Waals surface area contributed by atoms with Gasteiger partial charge >= 0.3 is 0 Å². The van der Waals surface area contributed by atoms with Gasteiger partial charge in [-0.2, -0.15) is 0 Å². The van der Waals surface area contributed by atoms with Crippen LogP contribution in [0.3, 0.4) is 0 Å². The van der Waals surface area contributed by atoms with Gasteiger partial charge in [-0.3, -0.25) is 0 Å². The Morgan fingerprint density at radius 3 is 2.24 bits per heavy atom. The second-order valence-electron chi connectivity index (χ2n) is 11.2. The molecule has 2 heteroatoms. The molecule has 0 heterocycles. The molecule has 0 aromatic carbocycles. The van der Waals surface area contributed by atoms with Crippen LogP contribution >= 0.6 is 0 Å². The van der Waals surface area contributed by atoms with Gasteiger partial charge in [-0.05, 0) is 124 Å². The van der Waals surface area contributed by atoms with E-state index in [2.05, 4.69) is 13.8 Å². The number of fused-ring (bicyclic) bond motifs is 5. The van der Waals surface area contributed by atoms with Crippen molar-refractivity contribution in [2.75, 3.05) is 6.61 Å². The van der Waals surface area contributed by atoms with Crippen LogP contribution in [0.2, 0.25) is 0 Å². The summed E-state index contributed by atoms with van der Waals surface area (Å²) in [5, 5.41) is 20.1. The molecule has 0 aliphatic heterocycles. The second kappa shape index (κ2) is 5.71. The summed E-state index contributed by atoms with van der Waals surface area (Å²) in [6, 6.07) is 0. The van der Waals surface area contributed by atoms with E-state index in [4.69, 9.17) is 0 Å². The quantitative estimate of drug-likeness (QED) is 0.765. The maximum atomic E-state index is 10.5. The molecule has 5 rings (SSSR count). The first-order valence-electron chi connectivity index (χ1n) is 11.3. The molecule has 0 aromatic rings. The largest absolute Gasteiger partial charge is 0.396 e. The van der Waals surface area contributed by atoms with Gasteiger partial charge < -0.3 is 10.2 Å². The Labute approximate surface area is 153 Å². The number of hydrogen-bond acceptors (Lipinski definition) is 2. The minimum Gasteiger partial charge on any atom is -0.396 e. The highest BCUT2D eigenvalue weighted by Crippen LogP contribution is 2.68. The van der Waals surface area contributed by atoms with Gasteiger partial charge in [0.15, 0.2) is 0 Å². The number of aliphatic hydroxyl groups is 2. The highest BCUT2D eigenvalue weighted by molar-refractivity contribution is 5.10. The fourth-order valence-electron chi connectivity index (χ4n) is 8.80. The maximum absolute atomic E-state index is 10.5. The molecule has 0 spiro atoms. The van der Waals surface area contributed by atoms with Crippen LogP contribution in [0.15, 0.2) is 0 Å². The third-order valence-electron chi connectivity index (χ3n) is 10.0. The maximum Gasteiger partial charge on any atom is 0.0622 e. The minimum atomic E-state index is -0.388. The predicted molar refractivity (Wildman–Crippen MR) is 99.9 cm³/mol. The Bertz CT molecular complexity index is 528. The van der Waals surface area contributed by atoms with Gasteiger partial charge in [0.05, 0.1) is 5.60 Å². The van der Waals surface area contributed by atoms with Gasteiger partial charge in [0.25, 0.3) is 0 Å². The lowest BCUT2D eigenvalue weighted by Gasteiger charge is -2.57. The first-order valence-corrected chi connectivity index (χ1v) is 11.3. The van der Waals surface area contributed by atoms with Crippen molar-refractivity contribution < 1.29 is 10.2 Å². The van der Waals surface area contributed by atoms with Crippen LogP contribution in [0, 0.1) is 52.8 Å². The zero-order valence-corrected chi connectivity index (χ0v) is 16.3. The Morgan fingerprint density at radius 1 is 0.800 bits per heavy atom. The molecule has 0 aromatic heterocycles. The standard InChI is InChI=1S/C23H38O2/c1-22(25)9-7-16-14(12-22)3-4-18-17(16)8-10-23(2)20(18)5-6-21(23)19-11-15(19)13-24/h14-21,24-25H,3-13H2,1-2H3/t14-,15?,16+,17-,18-,19?,20+,21-,22-,23+/m1/s1. The van der Waals surface area contributed by atoms with E-state index in [1.165, 1.54) is 51.4 Å². The van der Waals surface area contributed by atoms with Crippen LogP contribution in [-0.2, 0) is 0 Å². The zero-order chi connectivity index (χ0) is 17.4. The van der Waals surface area contributed by atoms with Gasteiger partial charge in [-0.1, -0.05) is 6.92 Å². The topological polar surface area (TPSA) is 40.5 Å². The van der Waals surface area contributed by atoms with E-state index in [9.17, 15) is 10.2 Å². The van der Waals surface area contributed by atoms with Crippen molar-refractivity contribution in [2.45, 2.75) is 83.7 Å². The van der Waals surface area contributed by atoms with Crippen molar-refractivity contribution in [1.82, 2.24) is 0 Å². The first kappa shape index (κ1) is 17.0. The van der Waals surface area contributed by atoms with Crippen molar-refractivity contribution in [3.05, 3.63) is 0 Å². The first-order chi connectivity index (χ1) is 11.9. The number of aliphatic hydroxyl groups excluding tert-OH is 1. The van der Waals surface area contributed by atoms with Crippen LogP contribution < -0.4 is 0 Å². The van der Waals surface area contributed by atoms with E-state index in [1.54, 1.807) is 0 Å². The lowest BCUT2D eigenvalue weighted by molar-refractivity contribution is -0.101. The van der Waals surface area contributed by atoms with Crippen molar-refractivity contribution in [2.24, 2.45) is 52.8 Å². The average molecular weight is 347 g/mol. The molecule has 0 amide bonds. The van der Waals surface area contributed by atoms with E-state index >= 15 is 0 Å². The molecule has 142 valence electrons. The summed E-state index contributed by atoms with van der Waals surface area (Å²) in [6.45, 7) is 5.13. The third-order valence-corrected chi connectivity index (χ3v) is 10.0. The Balaban J connectivity index is 1.34. The molecule has 0 bridgehead atoms. The van der Waals surface area contributed by atoms with Crippen LogP contribution in [0.1, 0.15) is 78.1 Å². The van der Waals surface area contributed by atoms with E-state index in [0.717, 1.165) is 54.3 Å². The fraction of sp³-hybridized carbons (Fsp3) is 1.00. The highest BCUT2D eigenvalue weighted by atomic mass is 16.3. The molecule has 25 heavy (non-hydrogen) atoms. The Kier molecular flexibility index (Phi) is 3.89. The molecule has 5 aliphatic carbocycles. The molecular formula is C23H38O2. The fourth-order valence-corrected chi connectivity index (χ4v) is 8.80. The summed E-state index contributed by atoms with van der Waals surface area (Å²) < 4.78 is 0. The SMILES string of the molecule is C[C@@]1(O)CC[C@H]2[C@H](CC[C@@H]3[C@@H]2CC[C@]2(C)[C@@H](C4CC4CO)CC[C@@H]32)C1. The Morgan fingerprint density at radius 2 is 1.52 bits per heavy atom. The summed E-state index contributed by atoms with van der Waals surface area (Å²) in [4.78, 5) is 0. The minimum absolute atomic E-state index is 0.388. The molecule has 5 aliphatic rings. The third kappa shape index (κ3) is 2.57. The summed E-state index contributed by atoms with van der Waals surface area (Å²) in [5.41, 5.74) is 0.184. The lowest BCUT2D eigenvalue weighted by Crippen LogP contribution is -2.50. The van der Waals surface area contributed by atoms with Crippen LogP contribution in [-0.4, -0.2) is 22.4 Å². The summed E-state index contributed by atoms with van der Waals surface area (Å²) in [6.07, 6.45) is 13.3. The van der Waals surface area contributed by atoms with E-state index in [0.29, 0.717) is 17.9 Å². The number of rotatable bonds is 2. The van der Waals surface area contributed by atoms with E-state index in [1.807, 2.05) is 0 Å². The molecule has 0 radical (unpaired) electrons. The molecule has 2 unspecified atom stereocenters. The van der Waals surface area contributed by atoms with Crippen molar-refractivity contribution in [3.63, 3.8) is 0 Å². The molecule has 0 saturated heterocycles. The highest BCUT2D eigenvalue weighted by Gasteiger charge is 2.61. The molecule has 2 N–H and O–H groups in total. The lowest BCUT2D eigenvalue weighted by atomic mass is 9.49. The van der Waals surface area contributed by atoms with Crippen LogP contribution in [0.4, 0.5) is 0 Å². The van der Waals surface area contributed by atoms with Gasteiger partial charge in [-0.15, -0.1) is 0 Å². The van der Waals surface area contributed by atoms with Crippen LogP contribution in [0.25, 0.3) is 0 Å². The smallest absolute Gasteiger partial charge is 0.0622 e. The predicted octanol–water partition coefficient (Wildman–Crippen LogP) is 4.63. The van der Waals surface area contributed by atoms with E-state index in [-0.39, 0.29) is 5.60 Å². The molecular weight excluding hydrogens is 308 g/mol. The summed E-state index contributed by atoms with van der Waals surface area (Å²) >= 11 is 0. The van der Waals surface area contributed by atoms with Crippen molar-refractivity contribution in [1.29, 1.82) is 0 Å². The molecule has 5 fully saturated rings. The van der Waals surface area contributed by atoms with Crippen molar-refractivity contribution in [3.8, 4) is 0 Å². The average Bonchev–Trinajstić information content (AvgIpc) is 3.26. The normalized spacial score (nSPS) is 60.5. The molecule has 10 atom stereocenters. The second-order valence-corrected chi connectivity index (χ2v) is 11.2. The van der Waals surface area contributed by atoms with Crippen LogP contribution in [0.5, 0.6) is 0 Å². The van der Waals surface area contributed by atoms with Gasteiger partial charge in [-0.25, -0.2) is 0 Å². The van der Waals surface area contributed by atoms with Gasteiger partial charge in [0, 0.05) is 6.61 Å². The van der Waals surface area contributed by atoms with E-state index < -0.39 is 0 Å². The summed E-state index contributed by atoms with van der Waals surface area (Å²) in [7, 11) is 0.